The predicted octanol–water partition coefficient (Wildman–Crippen LogP) is 1.45. The molecule has 0 aliphatic carbocycles. The molecule has 0 spiro atoms. The van der Waals surface area contributed by atoms with E-state index in [0.29, 0.717) is 22.6 Å². The van der Waals surface area contributed by atoms with E-state index < -0.39 is 12.1 Å². The lowest BCUT2D eigenvalue weighted by Crippen LogP contribution is -2.18. The molecule has 0 aliphatic heterocycles. The molecule has 0 radical (unpaired) electrons. The monoisotopic (exact) mass is 284 g/mol. The fraction of sp³-hybridized carbons (Fsp3) is 0.500. The molecule has 0 amide bonds. The fourth-order valence-corrected chi connectivity index (χ4v) is 1.92. The molecule has 0 heterocycles. The number of hydrogen-bond donors (Lipinski definition) is 1. The summed E-state index contributed by atoms with van der Waals surface area (Å²) in [7, 11) is 4.47. The molecule has 1 aromatic carbocycles. The number of benzene rings is 1. The summed E-state index contributed by atoms with van der Waals surface area (Å²) in [4.78, 5) is 11.8. The van der Waals surface area contributed by atoms with Gasteiger partial charge in [-0.05, 0) is 19.1 Å². The molecule has 1 N–H and O–H groups in total. The molecule has 20 heavy (non-hydrogen) atoms. The number of aliphatic hydroxyl groups excluding tert-OH is 1. The van der Waals surface area contributed by atoms with Gasteiger partial charge in [0.1, 0.15) is 11.5 Å². The molecule has 112 valence electrons. The first-order valence-electron chi connectivity index (χ1n) is 6.18. The van der Waals surface area contributed by atoms with E-state index in [4.69, 9.17) is 18.9 Å². The Morgan fingerprint density at radius 3 is 2.30 bits per heavy atom. The summed E-state index contributed by atoms with van der Waals surface area (Å²) < 4.78 is 20.4. The minimum absolute atomic E-state index is 0.173. The van der Waals surface area contributed by atoms with Gasteiger partial charge in [-0.3, -0.25) is 0 Å². The molecule has 0 saturated carbocycles. The third kappa shape index (κ3) is 3.40. The summed E-state index contributed by atoms with van der Waals surface area (Å²) in [6.45, 7) is 2.03. The van der Waals surface area contributed by atoms with Crippen LogP contribution in [0.25, 0.3) is 0 Å². The Morgan fingerprint density at radius 1 is 1.20 bits per heavy atom. The molecule has 1 atom stereocenters. The molecule has 0 bridgehead atoms. The first kappa shape index (κ1) is 16.3. The topological polar surface area (TPSA) is 74.2 Å². The predicted molar refractivity (Wildman–Crippen MR) is 71.9 cm³/mol. The van der Waals surface area contributed by atoms with Crippen molar-refractivity contribution in [2.75, 3.05) is 27.9 Å². The van der Waals surface area contributed by atoms with Crippen LogP contribution in [0.4, 0.5) is 0 Å². The Morgan fingerprint density at radius 2 is 1.80 bits per heavy atom. The molecular formula is C14H20O6. The quantitative estimate of drug-likeness (QED) is 0.764. The third-order valence-electron chi connectivity index (χ3n) is 2.79. The van der Waals surface area contributed by atoms with Gasteiger partial charge in [-0.2, -0.15) is 0 Å². The van der Waals surface area contributed by atoms with Crippen LogP contribution >= 0.6 is 0 Å². The zero-order valence-electron chi connectivity index (χ0n) is 12.1. The van der Waals surface area contributed by atoms with E-state index in [1.165, 1.54) is 21.3 Å². The van der Waals surface area contributed by atoms with Crippen molar-refractivity contribution < 1.29 is 28.8 Å². The molecule has 1 rings (SSSR count). The highest BCUT2D eigenvalue weighted by atomic mass is 16.5. The third-order valence-corrected chi connectivity index (χ3v) is 2.79. The number of methoxy groups -OCH3 is 3. The normalized spacial score (nSPS) is 11.8. The van der Waals surface area contributed by atoms with Crippen LogP contribution in [0.15, 0.2) is 12.1 Å². The van der Waals surface area contributed by atoms with Crippen LogP contribution in [0.5, 0.6) is 11.5 Å². The Balaban J connectivity index is 3.34. The number of carbonyl (C=O) groups is 1. The van der Waals surface area contributed by atoms with Gasteiger partial charge in [-0.15, -0.1) is 0 Å². The van der Waals surface area contributed by atoms with Gasteiger partial charge in [0.2, 0.25) is 0 Å². The number of hydrogen-bond acceptors (Lipinski definition) is 6. The standard InChI is InChI=1S/C14H20O6/c1-5-20-14(16)13(15)12-9(8-17-2)10(18-3)6-7-11(12)19-4/h6-7,13,15H,5,8H2,1-4H3. The van der Waals surface area contributed by atoms with Crippen LogP contribution in [0.2, 0.25) is 0 Å². The smallest absolute Gasteiger partial charge is 0.339 e. The lowest BCUT2D eigenvalue weighted by atomic mass is 10.00. The van der Waals surface area contributed by atoms with Crippen molar-refractivity contribution in [3.63, 3.8) is 0 Å². The maximum absolute atomic E-state index is 11.8. The molecule has 6 nitrogen and oxygen atoms in total. The Bertz CT molecular complexity index is 457. The van der Waals surface area contributed by atoms with E-state index in [1.54, 1.807) is 19.1 Å². The average Bonchev–Trinajstić information content (AvgIpc) is 2.46. The summed E-state index contributed by atoms with van der Waals surface area (Å²) in [5, 5.41) is 10.2. The Kier molecular flexibility index (Phi) is 6.27. The van der Waals surface area contributed by atoms with E-state index in [1.807, 2.05) is 0 Å². The molecule has 6 heteroatoms. The molecule has 0 fully saturated rings. The summed E-state index contributed by atoms with van der Waals surface area (Å²) in [5.41, 5.74) is 0.849. The van der Waals surface area contributed by atoms with E-state index in [9.17, 15) is 9.90 Å². The first-order valence-corrected chi connectivity index (χ1v) is 6.18. The minimum atomic E-state index is -1.45. The molecule has 0 saturated heterocycles. The maximum atomic E-state index is 11.8. The highest BCUT2D eigenvalue weighted by molar-refractivity contribution is 5.78. The van der Waals surface area contributed by atoms with E-state index in [-0.39, 0.29) is 13.2 Å². The number of aliphatic hydroxyl groups is 1. The van der Waals surface area contributed by atoms with Gasteiger partial charge in [0.05, 0.1) is 27.4 Å². The van der Waals surface area contributed by atoms with Crippen molar-refractivity contribution >= 4 is 5.97 Å². The number of rotatable bonds is 7. The van der Waals surface area contributed by atoms with E-state index in [0.717, 1.165) is 0 Å². The van der Waals surface area contributed by atoms with Gasteiger partial charge in [0.25, 0.3) is 0 Å². The van der Waals surface area contributed by atoms with Gasteiger partial charge in [0.15, 0.2) is 6.10 Å². The van der Waals surface area contributed by atoms with Gasteiger partial charge in [-0.1, -0.05) is 0 Å². The molecular weight excluding hydrogens is 264 g/mol. The summed E-state index contributed by atoms with van der Waals surface area (Å²) in [6, 6.07) is 3.31. The lowest BCUT2D eigenvalue weighted by Gasteiger charge is -2.19. The first-order chi connectivity index (χ1) is 9.60. The van der Waals surface area contributed by atoms with Gasteiger partial charge in [-0.25, -0.2) is 4.79 Å². The van der Waals surface area contributed by atoms with E-state index in [2.05, 4.69) is 0 Å². The Labute approximate surface area is 118 Å². The van der Waals surface area contributed by atoms with Crippen LogP contribution in [0.3, 0.4) is 0 Å². The van der Waals surface area contributed by atoms with Crippen molar-refractivity contribution in [1.29, 1.82) is 0 Å². The molecule has 1 unspecified atom stereocenters. The summed E-state index contributed by atoms with van der Waals surface area (Å²) >= 11 is 0. The fourth-order valence-electron chi connectivity index (χ4n) is 1.92. The van der Waals surface area contributed by atoms with Crippen molar-refractivity contribution in [3.8, 4) is 11.5 Å². The molecule has 0 aliphatic rings. The maximum Gasteiger partial charge on any atom is 0.339 e. The number of ether oxygens (including phenoxy) is 4. The largest absolute Gasteiger partial charge is 0.496 e. The summed E-state index contributed by atoms with van der Waals surface area (Å²) in [5.74, 6) is 0.140. The van der Waals surface area contributed by atoms with Crippen LogP contribution in [-0.2, 0) is 20.9 Å². The van der Waals surface area contributed by atoms with Crippen molar-refractivity contribution in [3.05, 3.63) is 23.3 Å². The zero-order valence-corrected chi connectivity index (χ0v) is 12.1. The lowest BCUT2D eigenvalue weighted by molar-refractivity contribution is -0.153. The second kappa shape index (κ2) is 7.72. The van der Waals surface area contributed by atoms with Gasteiger partial charge in [0, 0.05) is 18.2 Å². The van der Waals surface area contributed by atoms with Crippen molar-refractivity contribution in [1.82, 2.24) is 0 Å². The SMILES string of the molecule is CCOC(=O)C(O)c1c(OC)ccc(OC)c1COC. The average molecular weight is 284 g/mol. The Hall–Kier alpha value is -1.79. The van der Waals surface area contributed by atoms with Crippen LogP contribution in [0.1, 0.15) is 24.2 Å². The van der Waals surface area contributed by atoms with Crippen LogP contribution < -0.4 is 9.47 Å². The molecule has 0 aromatic heterocycles. The second-order valence-electron chi connectivity index (χ2n) is 3.95. The highest BCUT2D eigenvalue weighted by Crippen LogP contribution is 2.36. The van der Waals surface area contributed by atoms with E-state index >= 15 is 0 Å². The van der Waals surface area contributed by atoms with Crippen LogP contribution in [0, 0.1) is 0 Å². The number of esters is 1. The van der Waals surface area contributed by atoms with Gasteiger partial charge < -0.3 is 24.1 Å². The van der Waals surface area contributed by atoms with Crippen molar-refractivity contribution in [2.24, 2.45) is 0 Å². The summed E-state index contributed by atoms with van der Waals surface area (Å²) in [6.07, 6.45) is -1.45. The van der Waals surface area contributed by atoms with Crippen LogP contribution in [-0.4, -0.2) is 39.0 Å². The second-order valence-corrected chi connectivity index (χ2v) is 3.95. The minimum Gasteiger partial charge on any atom is -0.496 e. The highest BCUT2D eigenvalue weighted by Gasteiger charge is 2.27. The zero-order chi connectivity index (χ0) is 15.1. The van der Waals surface area contributed by atoms with Gasteiger partial charge >= 0.3 is 5.97 Å². The van der Waals surface area contributed by atoms with Crippen molar-refractivity contribution in [2.45, 2.75) is 19.6 Å². The number of carbonyl (C=O) groups excluding carboxylic acids is 1. The molecule has 1 aromatic rings.